The zero-order chi connectivity index (χ0) is 15.1. The maximum atomic E-state index is 6.19. The van der Waals surface area contributed by atoms with Crippen LogP contribution in [0.25, 0.3) is 0 Å². The van der Waals surface area contributed by atoms with Crippen LogP contribution >= 0.6 is 35.0 Å². The fourth-order valence-corrected chi connectivity index (χ4v) is 3.32. The average molecular weight is 341 g/mol. The molecule has 1 N–H and O–H groups in total. The van der Waals surface area contributed by atoms with Gasteiger partial charge in [-0.25, -0.2) is 0 Å². The molecule has 21 heavy (non-hydrogen) atoms. The molecule has 0 aliphatic heterocycles. The summed E-state index contributed by atoms with van der Waals surface area (Å²) in [6.07, 6.45) is 4.39. The van der Waals surface area contributed by atoms with Gasteiger partial charge in [-0.15, -0.1) is 11.8 Å². The minimum Gasteiger partial charge on any atom is -0.313 e. The van der Waals surface area contributed by atoms with Crippen LogP contribution in [-0.4, -0.2) is 23.3 Å². The number of rotatable bonds is 7. The molecule has 1 atom stereocenters. The zero-order valence-electron chi connectivity index (χ0n) is 11.9. The van der Waals surface area contributed by atoms with Crippen molar-refractivity contribution in [2.45, 2.75) is 24.3 Å². The standard InChI is InChI=1S/C16H18Cl2N2S/c1-2-20-14(9-12-7-8-19-10-16(12)18)11-21-15-5-3-13(17)4-6-15/h3-8,10,14,20H,2,9,11H2,1H3. The lowest BCUT2D eigenvalue weighted by Crippen LogP contribution is -2.33. The quantitative estimate of drug-likeness (QED) is 0.739. The Kier molecular flexibility index (Phi) is 6.84. The van der Waals surface area contributed by atoms with Crippen molar-refractivity contribution in [1.29, 1.82) is 0 Å². The molecule has 2 aromatic rings. The Labute approximate surface area is 140 Å². The molecular weight excluding hydrogens is 323 g/mol. The number of aromatic nitrogens is 1. The highest BCUT2D eigenvalue weighted by molar-refractivity contribution is 7.99. The van der Waals surface area contributed by atoms with Gasteiger partial charge in [0.25, 0.3) is 0 Å². The topological polar surface area (TPSA) is 24.9 Å². The molecule has 2 rings (SSSR count). The molecule has 0 aliphatic carbocycles. The number of nitrogens with one attached hydrogen (secondary N) is 1. The van der Waals surface area contributed by atoms with E-state index in [9.17, 15) is 0 Å². The van der Waals surface area contributed by atoms with E-state index in [1.165, 1.54) is 4.90 Å². The Morgan fingerprint density at radius 1 is 1.19 bits per heavy atom. The predicted octanol–water partition coefficient (Wildman–Crippen LogP) is 4.70. The van der Waals surface area contributed by atoms with Gasteiger partial charge >= 0.3 is 0 Å². The SMILES string of the molecule is CCNC(CSc1ccc(Cl)cc1)Cc1ccncc1Cl. The van der Waals surface area contributed by atoms with Crippen LogP contribution in [0.15, 0.2) is 47.6 Å². The van der Waals surface area contributed by atoms with E-state index >= 15 is 0 Å². The van der Waals surface area contributed by atoms with Gasteiger partial charge in [0, 0.05) is 34.1 Å². The van der Waals surface area contributed by atoms with Crippen LogP contribution in [0.1, 0.15) is 12.5 Å². The number of pyridine rings is 1. The number of likely N-dealkylation sites (N-methyl/N-ethyl adjacent to an activating group) is 1. The highest BCUT2D eigenvalue weighted by atomic mass is 35.5. The third-order valence-electron chi connectivity index (χ3n) is 3.08. The van der Waals surface area contributed by atoms with Gasteiger partial charge in [-0.2, -0.15) is 0 Å². The largest absolute Gasteiger partial charge is 0.313 e. The van der Waals surface area contributed by atoms with Crippen LogP contribution < -0.4 is 5.32 Å². The zero-order valence-corrected chi connectivity index (χ0v) is 14.2. The molecule has 5 heteroatoms. The number of nitrogens with zero attached hydrogens (tertiary/aromatic N) is 1. The fourth-order valence-electron chi connectivity index (χ4n) is 2.04. The second kappa shape index (κ2) is 8.64. The molecule has 112 valence electrons. The summed E-state index contributed by atoms with van der Waals surface area (Å²) in [4.78, 5) is 5.26. The summed E-state index contributed by atoms with van der Waals surface area (Å²) in [7, 11) is 0. The van der Waals surface area contributed by atoms with Gasteiger partial charge in [-0.3, -0.25) is 4.98 Å². The number of thioether (sulfide) groups is 1. The van der Waals surface area contributed by atoms with Crippen LogP contribution in [-0.2, 0) is 6.42 Å². The maximum absolute atomic E-state index is 6.19. The molecule has 0 bridgehead atoms. The number of benzene rings is 1. The molecule has 0 saturated heterocycles. The smallest absolute Gasteiger partial charge is 0.0621 e. The number of halogens is 2. The van der Waals surface area contributed by atoms with Crippen molar-refractivity contribution in [2.24, 2.45) is 0 Å². The second-order valence-electron chi connectivity index (χ2n) is 4.69. The van der Waals surface area contributed by atoms with Crippen molar-refractivity contribution < 1.29 is 0 Å². The minimum atomic E-state index is 0.371. The Morgan fingerprint density at radius 3 is 2.62 bits per heavy atom. The minimum absolute atomic E-state index is 0.371. The predicted molar refractivity (Wildman–Crippen MR) is 92.6 cm³/mol. The highest BCUT2D eigenvalue weighted by Gasteiger charge is 2.11. The van der Waals surface area contributed by atoms with E-state index in [1.54, 1.807) is 12.4 Å². The molecule has 2 nitrogen and oxygen atoms in total. The van der Waals surface area contributed by atoms with Gasteiger partial charge in [0.15, 0.2) is 0 Å². The third kappa shape index (κ3) is 5.51. The first-order chi connectivity index (χ1) is 10.2. The summed E-state index contributed by atoms with van der Waals surface area (Å²) in [6, 6.07) is 10.3. The van der Waals surface area contributed by atoms with E-state index in [2.05, 4.69) is 29.4 Å². The van der Waals surface area contributed by atoms with Gasteiger partial charge in [0.1, 0.15) is 0 Å². The molecule has 1 aromatic carbocycles. The van der Waals surface area contributed by atoms with Crippen LogP contribution in [0.5, 0.6) is 0 Å². The fraction of sp³-hybridized carbons (Fsp3) is 0.312. The van der Waals surface area contributed by atoms with Crippen molar-refractivity contribution in [2.75, 3.05) is 12.3 Å². The van der Waals surface area contributed by atoms with Crippen molar-refractivity contribution in [3.8, 4) is 0 Å². The van der Waals surface area contributed by atoms with Crippen LogP contribution in [0.2, 0.25) is 10.0 Å². The molecule has 1 aromatic heterocycles. The molecule has 0 saturated carbocycles. The summed E-state index contributed by atoms with van der Waals surface area (Å²) in [5, 5.41) is 5.02. The van der Waals surface area contributed by atoms with E-state index in [0.717, 1.165) is 34.3 Å². The molecule has 0 spiro atoms. The first-order valence-electron chi connectivity index (χ1n) is 6.89. The Balaban J connectivity index is 1.95. The lowest BCUT2D eigenvalue weighted by Gasteiger charge is -2.18. The number of hydrogen-bond acceptors (Lipinski definition) is 3. The van der Waals surface area contributed by atoms with Crippen LogP contribution in [0.4, 0.5) is 0 Å². The first kappa shape index (κ1) is 16.6. The maximum Gasteiger partial charge on any atom is 0.0621 e. The van der Waals surface area contributed by atoms with Crippen LogP contribution in [0, 0.1) is 0 Å². The third-order valence-corrected chi connectivity index (χ3v) is 4.85. The summed E-state index contributed by atoms with van der Waals surface area (Å²) in [5.74, 6) is 0.980. The van der Waals surface area contributed by atoms with E-state index < -0.39 is 0 Å². The Bertz CT molecular complexity index is 560. The van der Waals surface area contributed by atoms with E-state index in [4.69, 9.17) is 23.2 Å². The summed E-state index contributed by atoms with van der Waals surface area (Å²) in [5.41, 5.74) is 1.13. The average Bonchev–Trinajstić information content (AvgIpc) is 2.49. The van der Waals surface area contributed by atoms with Gasteiger partial charge in [0.2, 0.25) is 0 Å². The molecule has 0 aliphatic rings. The Hall–Kier alpha value is -0.740. The van der Waals surface area contributed by atoms with Gasteiger partial charge in [0.05, 0.1) is 5.02 Å². The van der Waals surface area contributed by atoms with Gasteiger partial charge in [-0.1, -0.05) is 30.1 Å². The lowest BCUT2D eigenvalue weighted by atomic mass is 10.1. The van der Waals surface area contributed by atoms with Gasteiger partial charge in [-0.05, 0) is 48.9 Å². The van der Waals surface area contributed by atoms with Crippen molar-refractivity contribution in [3.63, 3.8) is 0 Å². The molecule has 0 fully saturated rings. The van der Waals surface area contributed by atoms with Crippen molar-refractivity contribution in [3.05, 3.63) is 58.3 Å². The van der Waals surface area contributed by atoms with Crippen molar-refractivity contribution >= 4 is 35.0 Å². The monoisotopic (exact) mass is 340 g/mol. The summed E-state index contributed by atoms with van der Waals surface area (Å²) in [6.45, 7) is 3.06. The summed E-state index contributed by atoms with van der Waals surface area (Å²) >= 11 is 13.9. The molecule has 0 amide bonds. The summed E-state index contributed by atoms with van der Waals surface area (Å²) < 4.78 is 0. The van der Waals surface area contributed by atoms with Crippen molar-refractivity contribution in [1.82, 2.24) is 10.3 Å². The van der Waals surface area contributed by atoms with E-state index in [1.807, 2.05) is 30.0 Å². The molecular formula is C16H18Cl2N2S. The van der Waals surface area contributed by atoms with Crippen LogP contribution in [0.3, 0.4) is 0 Å². The normalized spacial score (nSPS) is 12.3. The number of hydrogen-bond donors (Lipinski definition) is 1. The first-order valence-corrected chi connectivity index (χ1v) is 8.63. The Morgan fingerprint density at radius 2 is 1.95 bits per heavy atom. The lowest BCUT2D eigenvalue weighted by molar-refractivity contribution is 0.572. The van der Waals surface area contributed by atoms with Gasteiger partial charge < -0.3 is 5.32 Å². The second-order valence-corrected chi connectivity index (χ2v) is 6.63. The van der Waals surface area contributed by atoms with E-state index in [-0.39, 0.29) is 0 Å². The highest BCUT2D eigenvalue weighted by Crippen LogP contribution is 2.23. The molecule has 0 radical (unpaired) electrons. The molecule has 1 unspecified atom stereocenters. The molecule has 1 heterocycles. The van der Waals surface area contributed by atoms with E-state index in [0.29, 0.717) is 6.04 Å².